The second-order valence-electron chi connectivity index (χ2n) is 8.16. The first-order valence-corrected chi connectivity index (χ1v) is 11.0. The summed E-state index contributed by atoms with van der Waals surface area (Å²) in [5.74, 6) is -0.156. The van der Waals surface area contributed by atoms with Crippen LogP contribution in [0.5, 0.6) is 0 Å². The largest absolute Gasteiger partial charge is 0.351 e. The number of nitrogens with zero attached hydrogens (tertiary/aromatic N) is 3. The maximum atomic E-state index is 12.4. The molecular formula is C26H26N4O. The van der Waals surface area contributed by atoms with Gasteiger partial charge in [-0.25, -0.2) is 4.98 Å². The zero-order chi connectivity index (χ0) is 21.0. The molecule has 0 atom stereocenters. The van der Waals surface area contributed by atoms with Crippen molar-refractivity contribution in [3.05, 3.63) is 83.7 Å². The SMILES string of the molecule is O=C(NCCCCN1CCc2c(ccc3ccccc23)C1)c1cnc2ccccc2n1. The summed E-state index contributed by atoms with van der Waals surface area (Å²) in [6.07, 6.45) is 4.67. The topological polar surface area (TPSA) is 58.1 Å². The Bertz CT molecular complexity index is 1240. The summed E-state index contributed by atoms with van der Waals surface area (Å²) in [5.41, 5.74) is 4.88. The Hall–Kier alpha value is -3.31. The number of hydrogen-bond donors (Lipinski definition) is 1. The average molecular weight is 411 g/mol. The molecule has 5 rings (SSSR count). The molecule has 156 valence electrons. The van der Waals surface area contributed by atoms with Gasteiger partial charge in [-0.05, 0) is 59.8 Å². The van der Waals surface area contributed by atoms with Crippen molar-refractivity contribution in [1.29, 1.82) is 0 Å². The van der Waals surface area contributed by atoms with Gasteiger partial charge in [0.05, 0.1) is 17.2 Å². The van der Waals surface area contributed by atoms with Crippen molar-refractivity contribution in [2.24, 2.45) is 0 Å². The smallest absolute Gasteiger partial charge is 0.271 e. The van der Waals surface area contributed by atoms with Gasteiger partial charge in [-0.2, -0.15) is 0 Å². The number of carbonyl (C=O) groups excluding carboxylic acids is 1. The third-order valence-electron chi connectivity index (χ3n) is 6.08. The van der Waals surface area contributed by atoms with Crippen LogP contribution in [0.1, 0.15) is 34.5 Å². The molecule has 1 N–H and O–H groups in total. The first kappa shape index (κ1) is 19.6. The van der Waals surface area contributed by atoms with E-state index in [1.165, 1.54) is 21.9 Å². The number of amides is 1. The number of benzene rings is 3. The van der Waals surface area contributed by atoms with Crippen molar-refractivity contribution < 1.29 is 4.79 Å². The van der Waals surface area contributed by atoms with E-state index >= 15 is 0 Å². The Labute approximate surface area is 182 Å². The first-order chi connectivity index (χ1) is 15.3. The number of unbranched alkanes of at least 4 members (excludes halogenated alkanes) is 1. The van der Waals surface area contributed by atoms with Crippen LogP contribution in [0.2, 0.25) is 0 Å². The number of nitrogens with one attached hydrogen (secondary N) is 1. The minimum absolute atomic E-state index is 0.156. The number of carbonyl (C=O) groups is 1. The zero-order valence-electron chi connectivity index (χ0n) is 17.6. The Morgan fingerprint density at radius 2 is 1.81 bits per heavy atom. The Morgan fingerprint density at radius 3 is 2.74 bits per heavy atom. The van der Waals surface area contributed by atoms with Crippen molar-refractivity contribution >= 4 is 27.7 Å². The molecule has 0 bridgehead atoms. The molecule has 0 aliphatic carbocycles. The van der Waals surface area contributed by atoms with Crippen LogP contribution in [0, 0.1) is 0 Å². The predicted octanol–water partition coefficient (Wildman–Crippen LogP) is 4.35. The number of aromatic nitrogens is 2. The van der Waals surface area contributed by atoms with Crippen molar-refractivity contribution in [2.45, 2.75) is 25.8 Å². The average Bonchev–Trinajstić information content (AvgIpc) is 2.83. The minimum Gasteiger partial charge on any atom is -0.351 e. The predicted molar refractivity (Wildman–Crippen MR) is 124 cm³/mol. The van der Waals surface area contributed by atoms with Gasteiger partial charge in [0.1, 0.15) is 5.69 Å². The maximum Gasteiger partial charge on any atom is 0.271 e. The van der Waals surface area contributed by atoms with Gasteiger partial charge in [0.15, 0.2) is 0 Å². The van der Waals surface area contributed by atoms with Crippen LogP contribution in [-0.4, -0.2) is 40.4 Å². The fourth-order valence-corrected chi connectivity index (χ4v) is 4.42. The normalized spacial score (nSPS) is 13.9. The molecule has 0 unspecified atom stereocenters. The van der Waals surface area contributed by atoms with E-state index in [0.717, 1.165) is 49.9 Å². The summed E-state index contributed by atoms with van der Waals surface area (Å²) in [7, 11) is 0. The zero-order valence-corrected chi connectivity index (χ0v) is 17.6. The molecule has 1 aliphatic heterocycles. The lowest BCUT2D eigenvalue weighted by atomic mass is 9.93. The van der Waals surface area contributed by atoms with Crippen LogP contribution in [-0.2, 0) is 13.0 Å². The van der Waals surface area contributed by atoms with Gasteiger partial charge in [0.2, 0.25) is 0 Å². The Balaban J connectivity index is 1.09. The molecule has 4 aromatic rings. The van der Waals surface area contributed by atoms with Gasteiger partial charge in [-0.3, -0.25) is 14.7 Å². The molecule has 0 fully saturated rings. The highest BCUT2D eigenvalue weighted by Crippen LogP contribution is 2.27. The molecule has 5 nitrogen and oxygen atoms in total. The van der Waals surface area contributed by atoms with E-state index in [-0.39, 0.29) is 5.91 Å². The maximum absolute atomic E-state index is 12.4. The van der Waals surface area contributed by atoms with Gasteiger partial charge in [0.25, 0.3) is 5.91 Å². The van der Waals surface area contributed by atoms with Gasteiger partial charge in [0, 0.05) is 19.6 Å². The fraction of sp³-hybridized carbons (Fsp3) is 0.269. The fourth-order valence-electron chi connectivity index (χ4n) is 4.42. The van der Waals surface area contributed by atoms with E-state index < -0.39 is 0 Å². The number of fused-ring (bicyclic) bond motifs is 4. The summed E-state index contributed by atoms with van der Waals surface area (Å²) < 4.78 is 0. The van der Waals surface area contributed by atoms with Gasteiger partial charge >= 0.3 is 0 Å². The Morgan fingerprint density at radius 1 is 0.968 bits per heavy atom. The molecule has 0 saturated heterocycles. The van der Waals surface area contributed by atoms with E-state index in [1.54, 1.807) is 6.20 Å². The highest BCUT2D eigenvalue weighted by Gasteiger charge is 2.17. The van der Waals surface area contributed by atoms with Crippen molar-refractivity contribution in [2.75, 3.05) is 19.6 Å². The molecular weight excluding hydrogens is 384 g/mol. The lowest BCUT2D eigenvalue weighted by Gasteiger charge is -2.29. The third kappa shape index (κ3) is 4.28. The first-order valence-electron chi connectivity index (χ1n) is 11.0. The quantitative estimate of drug-likeness (QED) is 0.480. The molecule has 0 saturated carbocycles. The highest BCUT2D eigenvalue weighted by molar-refractivity contribution is 5.93. The summed E-state index contributed by atoms with van der Waals surface area (Å²) in [5, 5.41) is 5.71. The van der Waals surface area contributed by atoms with Gasteiger partial charge in [-0.1, -0.05) is 48.5 Å². The highest BCUT2D eigenvalue weighted by atomic mass is 16.1. The van der Waals surface area contributed by atoms with Crippen LogP contribution in [0.4, 0.5) is 0 Å². The third-order valence-corrected chi connectivity index (χ3v) is 6.08. The van der Waals surface area contributed by atoms with Crippen LogP contribution >= 0.6 is 0 Å². The summed E-state index contributed by atoms with van der Waals surface area (Å²) in [4.78, 5) is 23.6. The summed E-state index contributed by atoms with van der Waals surface area (Å²) >= 11 is 0. The van der Waals surface area contributed by atoms with E-state index in [9.17, 15) is 4.79 Å². The lowest BCUT2D eigenvalue weighted by Crippen LogP contribution is -2.32. The molecule has 5 heteroatoms. The second kappa shape index (κ2) is 8.82. The van der Waals surface area contributed by atoms with Crippen molar-refractivity contribution in [3.8, 4) is 0 Å². The standard InChI is InChI=1S/C26H26N4O/c31-26(25-17-28-23-9-3-4-10-24(23)29-25)27-14-5-6-15-30-16-13-22-20(18-30)12-11-19-7-1-2-8-21(19)22/h1-4,7-12,17H,5-6,13-16,18H2,(H,27,31). The van der Waals surface area contributed by atoms with Crippen LogP contribution < -0.4 is 5.32 Å². The molecule has 1 aromatic heterocycles. The van der Waals surface area contributed by atoms with E-state index in [2.05, 4.69) is 56.6 Å². The second-order valence-corrected chi connectivity index (χ2v) is 8.16. The number of para-hydroxylation sites is 2. The summed E-state index contributed by atoms with van der Waals surface area (Å²) in [6, 6.07) is 20.8. The molecule has 0 spiro atoms. The van der Waals surface area contributed by atoms with Crippen molar-refractivity contribution in [3.63, 3.8) is 0 Å². The van der Waals surface area contributed by atoms with E-state index in [4.69, 9.17) is 0 Å². The van der Waals surface area contributed by atoms with E-state index in [1.807, 2.05) is 24.3 Å². The van der Waals surface area contributed by atoms with E-state index in [0.29, 0.717) is 12.2 Å². The molecule has 1 aliphatic rings. The molecule has 1 amide bonds. The minimum atomic E-state index is -0.156. The van der Waals surface area contributed by atoms with Gasteiger partial charge in [-0.15, -0.1) is 0 Å². The number of hydrogen-bond acceptors (Lipinski definition) is 4. The monoisotopic (exact) mass is 410 g/mol. The van der Waals surface area contributed by atoms with Crippen molar-refractivity contribution in [1.82, 2.24) is 20.2 Å². The molecule has 2 heterocycles. The molecule has 31 heavy (non-hydrogen) atoms. The number of rotatable bonds is 6. The Kier molecular flexibility index (Phi) is 5.59. The summed E-state index contributed by atoms with van der Waals surface area (Å²) in [6.45, 7) is 3.82. The lowest BCUT2D eigenvalue weighted by molar-refractivity contribution is 0.0947. The van der Waals surface area contributed by atoms with Crippen LogP contribution in [0.25, 0.3) is 21.8 Å². The van der Waals surface area contributed by atoms with Gasteiger partial charge < -0.3 is 5.32 Å². The van der Waals surface area contributed by atoms with Crippen LogP contribution in [0.15, 0.2) is 66.9 Å². The van der Waals surface area contributed by atoms with Crippen LogP contribution in [0.3, 0.4) is 0 Å². The molecule has 3 aromatic carbocycles. The molecule has 0 radical (unpaired) electrons.